The number of benzene rings is 1. The van der Waals surface area contributed by atoms with Crippen molar-refractivity contribution in [1.82, 2.24) is 9.78 Å². The zero-order chi connectivity index (χ0) is 15.6. The number of aryl methyl sites for hydroxylation is 1. The van der Waals surface area contributed by atoms with E-state index in [1.54, 1.807) is 6.92 Å². The van der Waals surface area contributed by atoms with E-state index in [1.165, 1.54) is 36.2 Å². The number of aromatic nitrogens is 2. The van der Waals surface area contributed by atoms with Crippen LogP contribution in [0.3, 0.4) is 0 Å². The highest BCUT2D eigenvalue weighted by Gasteiger charge is 2.22. The van der Waals surface area contributed by atoms with Crippen molar-refractivity contribution in [3.8, 4) is 5.75 Å². The third kappa shape index (κ3) is 2.94. The van der Waals surface area contributed by atoms with Crippen LogP contribution in [0.25, 0.3) is 0 Å². The van der Waals surface area contributed by atoms with Crippen LogP contribution in [0.2, 0.25) is 10.0 Å². The lowest BCUT2D eigenvalue weighted by Crippen LogP contribution is -2.29. The lowest BCUT2D eigenvalue weighted by molar-refractivity contribution is 0.103. The van der Waals surface area contributed by atoms with E-state index >= 15 is 0 Å². The maximum absolute atomic E-state index is 12.6. The first-order chi connectivity index (χ1) is 9.99. The monoisotopic (exact) mass is 326 g/mol. The van der Waals surface area contributed by atoms with E-state index in [0.717, 1.165) is 0 Å². The van der Waals surface area contributed by atoms with Gasteiger partial charge in [-0.3, -0.25) is 9.59 Å². The van der Waals surface area contributed by atoms with Crippen LogP contribution in [0, 0.1) is 0 Å². The molecule has 0 spiro atoms. The Kier molecular flexibility index (Phi) is 4.65. The van der Waals surface area contributed by atoms with Crippen molar-refractivity contribution in [2.24, 2.45) is 0 Å². The molecule has 1 aromatic carbocycles. The van der Waals surface area contributed by atoms with Crippen LogP contribution in [0.1, 0.15) is 22.8 Å². The van der Waals surface area contributed by atoms with Crippen LogP contribution in [0.15, 0.2) is 29.2 Å². The average Bonchev–Trinajstić information content (AvgIpc) is 2.46. The highest BCUT2D eigenvalue weighted by Crippen LogP contribution is 2.25. The fourth-order valence-corrected chi connectivity index (χ4v) is 2.37. The lowest BCUT2D eigenvalue weighted by atomic mass is 10.0. The van der Waals surface area contributed by atoms with E-state index in [0.29, 0.717) is 11.6 Å². The van der Waals surface area contributed by atoms with Crippen molar-refractivity contribution in [3.05, 3.63) is 55.9 Å². The summed E-state index contributed by atoms with van der Waals surface area (Å²) in [6.07, 6.45) is 1.34. The molecule has 1 heterocycles. The zero-order valence-corrected chi connectivity index (χ0v) is 12.9. The lowest BCUT2D eigenvalue weighted by Gasteiger charge is -2.10. The Bertz CT molecular complexity index is 756. The Labute approximate surface area is 131 Å². The molecule has 21 heavy (non-hydrogen) atoms. The van der Waals surface area contributed by atoms with Crippen molar-refractivity contribution in [2.45, 2.75) is 13.5 Å². The van der Waals surface area contributed by atoms with Crippen molar-refractivity contribution in [1.29, 1.82) is 0 Å². The molecule has 2 rings (SSSR count). The Morgan fingerprint density at radius 2 is 2.10 bits per heavy atom. The predicted molar refractivity (Wildman–Crippen MR) is 80.6 cm³/mol. The van der Waals surface area contributed by atoms with E-state index < -0.39 is 11.3 Å². The highest BCUT2D eigenvalue weighted by molar-refractivity contribution is 6.37. The summed E-state index contributed by atoms with van der Waals surface area (Å²) >= 11 is 11.8. The number of ether oxygens (including phenoxy) is 1. The van der Waals surface area contributed by atoms with Crippen LogP contribution >= 0.6 is 23.2 Å². The van der Waals surface area contributed by atoms with Gasteiger partial charge in [0.15, 0.2) is 5.75 Å². The van der Waals surface area contributed by atoms with Crippen LogP contribution < -0.4 is 10.3 Å². The Morgan fingerprint density at radius 1 is 1.38 bits per heavy atom. The smallest absolute Gasteiger partial charge is 0.281 e. The molecule has 2 aromatic rings. The highest BCUT2D eigenvalue weighted by atomic mass is 35.5. The molecule has 0 fully saturated rings. The summed E-state index contributed by atoms with van der Waals surface area (Å²) in [7, 11) is 1.37. The van der Waals surface area contributed by atoms with Crippen molar-refractivity contribution >= 4 is 29.0 Å². The van der Waals surface area contributed by atoms with Gasteiger partial charge in [-0.05, 0) is 25.1 Å². The number of rotatable bonds is 4. The zero-order valence-electron chi connectivity index (χ0n) is 11.4. The van der Waals surface area contributed by atoms with Crippen LogP contribution in [0.4, 0.5) is 0 Å². The second kappa shape index (κ2) is 6.28. The minimum absolute atomic E-state index is 0.0985. The molecule has 0 aliphatic carbocycles. The number of hydrogen-bond acceptors (Lipinski definition) is 4. The number of methoxy groups -OCH3 is 1. The molecule has 0 saturated carbocycles. The van der Waals surface area contributed by atoms with Gasteiger partial charge in [0.2, 0.25) is 5.78 Å². The van der Waals surface area contributed by atoms with Gasteiger partial charge in [0.05, 0.1) is 18.3 Å². The first-order valence-electron chi connectivity index (χ1n) is 6.13. The molecule has 0 atom stereocenters. The van der Waals surface area contributed by atoms with Gasteiger partial charge in [0, 0.05) is 17.1 Å². The minimum atomic E-state index is -0.525. The number of ketones is 1. The topological polar surface area (TPSA) is 61.2 Å². The fraction of sp³-hybridized carbons (Fsp3) is 0.214. The van der Waals surface area contributed by atoms with E-state index in [4.69, 9.17) is 27.9 Å². The molecule has 0 N–H and O–H groups in total. The third-order valence-electron chi connectivity index (χ3n) is 2.93. The standard InChI is InChI=1S/C14H12Cl2N2O3/c1-3-18-14(20)12(11(21-2)7-17-18)13(19)9-5-4-8(15)6-10(9)16/h4-7H,3H2,1-2H3. The van der Waals surface area contributed by atoms with Gasteiger partial charge in [-0.15, -0.1) is 0 Å². The molecular formula is C14H12Cl2N2O3. The summed E-state index contributed by atoms with van der Waals surface area (Å²) < 4.78 is 6.25. The molecule has 0 radical (unpaired) electrons. The fourth-order valence-electron chi connectivity index (χ4n) is 1.87. The molecule has 110 valence electrons. The second-order valence-electron chi connectivity index (χ2n) is 4.16. The predicted octanol–water partition coefficient (Wildman–Crippen LogP) is 2.81. The molecule has 0 aliphatic heterocycles. The van der Waals surface area contributed by atoms with Crippen LogP contribution in [-0.2, 0) is 6.54 Å². The summed E-state index contributed by atoms with van der Waals surface area (Å²) in [5.74, 6) is -0.413. The molecule has 7 heteroatoms. The van der Waals surface area contributed by atoms with Gasteiger partial charge < -0.3 is 4.74 Å². The molecule has 0 saturated heterocycles. The summed E-state index contributed by atoms with van der Waals surface area (Å²) in [5.41, 5.74) is -0.434. The van der Waals surface area contributed by atoms with Crippen molar-refractivity contribution < 1.29 is 9.53 Å². The van der Waals surface area contributed by atoms with E-state index in [2.05, 4.69) is 5.10 Å². The summed E-state index contributed by atoms with van der Waals surface area (Å²) in [4.78, 5) is 24.9. The summed E-state index contributed by atoms with van der Waals surface area (Å²) in [6.45, 7) is 2.10. The Morgan fingerprint density at radius 3 is 2.67 bits per heavy atom. The first kappa shape index (κ1) is 15.5. The number of halogens is 2. The maximum atomic E-state index is 12.6. The van der Waals surface area contributed by atoms with Gasteiger partial charge in [-0.1, -0.05) is 23.2 Å². The van der Waals surface area contributed by atoms with Gasteiger partial charge >= 0.3 is 0 Å². The second-order valence-corrected chi connectivity index (χ2v) is 5.01. The Hall–Kier alpha value is -1.85. The average molecular weight is 327 g/mol. The van der Waals surface area contributed by atoms with Gasteiger partial charge in [0.25, 0.3) is 5.56 Å². The molecule has 0 unspecified atom stereocenters. The van der Waals surface area contributed by atoms with Crippen LogP contribution in [-0.4, -0.2) is 22.7 Å². The minimum Gasteiger partial charge on any atom is -0.494 e. The molecule has 0 bridgehead atoms. The molecule has 0 aliphatic rings. The molecule has 0 amide bonds. The van der Waals surface area contributed by atoms with Gasteiger partial charge in [0.1, 0.15) is 5.56 Å². The molecular weight excluding hydrogens is 315 g/mol. The first-order valence-corrected chi connectivity index (χ1v) is 6.89. The maximum Gasteiger partial charge on any atom is 0.281 e. The third-order valence-corrected chi connectivity index (χ3v) is 3.48. The number of carbonyl (C=O) groups excluding carboxylic acids is 1. The number of hydrogen-bond donors (Lipinski definition) is 0. The van der Waals surface area contributed by atoms with Gasteiger partial charge in [-0.25, -0.2) is 4.68 Å². The van der Waals surface area contributed by atoms with Crippen molar-refractivity contribution in [3.63, 3.8) is 0 Å². The van der Waals surface area contributed by atoms with E-state index in [-0.39, 0.29) is 21.9 Å². The summed E-state index contributed by atoms with van der Waals surface area (Å²) in [5, 5.41) is 4.50. The largest absolute Gasteiger partial charge is 0.494 e. The summed E-state index contributed by atoms with van der Waals surface area (Å²) in [6, 6.07) is 4.46. The van der Waals surface area contributed by atoms with Gasteiger partial charge in [-0.2, -0.15) is 5.10 Å². The SMILES string of the molecule is CCn1ncc(OC)c(C(=O)c2ccc(Cl)cc2Cl)c1=O. The Balaban J connectivity index is 2.65. The van der Waals surface area contributed by atoms with Crippen molar-refractivity contribution in [2.75, 3.05) is 7.11 Å². The van der Waals surface area contributed by atoms with Crippen LogP contribution in [0.5, 0.6) is 5.75 Å². The quantitative estimate of drug-likeness (QED) is 0.810. The number of carbonyl (C=O) groups is 1. The molecule has 1 aromatic heterocycles. The van der Waals surface area contributed by atoms with E-state index in [9.17, 15) is 9.59 Å². The number of nitrogens with zero attached hydrogens (tertiary/aromatic N) is 2. The normalized spacial score (nSPS) is 10.5. The molecule has 5 nitrogen and oxygen atoms in total. The van der Waals surface area contributed by atoms with E-state index in [1.807, 2.05) is 0 Å².